The van der Waals surface area contributed by atoms with Gasteiger partial charge < -0.3 is 11.1 Å². The Morgan fingerprint density at radius 1 is 1.17 bits per heavy atom. The number of ketones is 1. The van der Waals surface area contributed by atoms with Crippen molar-refractivity contribution in [3.05, 3.63) is 35.4 Å². The highest BCUT2D eigenvalue weighted by molar-refractivity contribution is 5.90. The first kappa shape index (κ1) is 18.9. The van der Waals surface area contributed by atoms with Crippen LogP contribution in [0.5, 0.6) is 0 Å². The van der Waals surface area contributed by atoms with Gasteiger partial charge in [0.2, 0.25) is 11.8 Å². The molecule has 0 aliphatic heterocycles. The van der Waals surface area contributed by atoms with Crippen molar-refractivity contribution in [2.75, 3.05) is 6.54 Å². The van der Waals surface area contributed by atoms with Crippen LogP contribution in [0.1, 0.15) is 37.8 Å². The van der Waals surface area contributed by atoms with Gasteiger partial charge in [0.05, 0.1) is 6.54 Å². The number of nitrogens with two attached hydrogens (primary N) is 1. The Morgan fingerprint density at radius 2 is 1.78 bits per heavy atom. The molecule has 1 aromatic rings. The van der Waals surface area contributed by atoms with Crippen LogP contribution in [0.3, 0.4) is 0 Å². The van der Waals surface area contributed by atoms with Crippen LogP contribution in [0.25, 0.3) is 0 Å². The van der Waals surface area contributed by atoms with Gasteiger partial charge in [-0.1, -0.05) is 50.1 Å². The molecule has 0 spiro atoms. The number of benzene rings is 1. The topological polar surface area (TPSA) is 89.3 Å². The van der Waals surface area contributed by atoms with E-state index in [0.29, 0.717) is 6.42 Å². The van der Waals surface area contributed by atoms with E-state index >= 15 is 0 Å². The van der Waals surface area contributed by atoms with Gasteiger partial charge in [0.15, 0.2) is 0 Å². The number of hydrogen-bond acceptors (Lipinski definition) is 3. The maximum Gasteiger partial charge on any atom is 0.236 e. The minimum atomic E-state index is -0.591. The molecule has 23 heavy (non-hydrogen) atoms. The number of carbonyl (C=O) groups is 3. The summed E-state index contributed by atoms with van der Waals surface area (Å²) < 4.78 is 0. The summed E-state index contributed by atoms with van der Waals surface area (Å²) in [6.45, 7) is 5.71. The molecule has 2 amide bonds. The van der Waals surface area contributed by atoms with Crippen molar-refractivity contribution >= 4 is 17.6 Å². The maximum absolute atomic E-state index is 12.3. The summed E-state index contributed by atoms with van der Waals surface area (Å²) in [5.74, 6) is -1.22. The zero-order valence-electron chi connectivity index (χ0n) is 14.1. The highest BCUT2D eigenvalue weighted by Crippen LogP contribution is 2.20. The average Bonchev–Trinajstić information content (AvgIpc) is 2.51. The second-order valence-electron chi connectivity index (χ2n) is 6.08. The van der Waals surface area contributed by atoms with Gasteiger partial charge in [-0.25, -0.2) is 0 Å². The number of carbonyl (C=O) groups excluding carboxylic acids is 3. The summed E-state index contributed by atoms with van der Waals surface area (Å²) in [5.41, 5.74) is 7.13. The van der Waals surface area contributed by atoms with E-state index in [9.17, 15) is 14.4 Å². The molecule has 126 valence electrons. The molecule has 3 N–H and O–H groups in total. The number of rotatable bonds is 9. The van der Waals surface area contributed by atoms with E-state index in [0.717, 1.165) is 17.5 Å². The maximum atomic E-state index is 12.3. The van der Waals surface area contributed by atoms with Crippen LogP contribution in [0.4, 0.5) is 0 Å². The van der Waals surface area contributed by atoms with Crippen LogP contribution >= 0.6 is 0 Å². The molecule has 0 bridgehead atoms. The van der Waals surface area contributed by atoms with Crippen LogP contribution in [0, 0.1) is 18.8 Å². The molecule has 5 nitrogen and oxygen atoms in total. The third-order valence-electron chi connectivity index (χ3n) is 4.07. The zero-order valence-corrected chi connectivity index (χ0v) is 14.1. The van der Waals surface area contributed by atoms with E-state index in [-0.39, 0.29) is 30.6 Å². The molecule has 0 heterocycles. The van der Waals surface area contributed by atoms with Crippen molar-refractivity contribution in [2.24, 2.45) is 17.6 Å². The number of Topliss-reactive ketones (excluding diaryl/α,β-unsaturated/α-hetero) is 1. The number of hydrogen-bond donors (Lipinski definition) is 2. The van der Waals surface area contributed by atoms with Gasteiger partial charge in [-0.3, -0.25) is 14.4 Å². The Bertz CT molecular complexity index is 552. The Labute approximate surface area is 137 Å². The number of primary amides is 1. The quantitative estimate of drug-likeness (QED) is 0.727. The minimum Gasteiger partial charge on any atom is -0.368 e. The van der Waals surface area contributed by atoms with Crippen LogP contribution in [-0.4, -0.2) is 24.1 Å². The molecule has 0 saturated carbocycles. The molecule has 0 aliphatic carbocycles. The molecule has 0 aliphatic rings. The molecule has 0 aromatic heterocycles. The molecule has 0 saturated heterocycles. The smallest absolute Gasteiger partial charge is 0.236 e. The van der Waals surface area contributed by atoms with Crippen LogP contribution < -0.4 is 11.1 Å². The summed E-state index contributed by atoms with van der Waals surface area (Å²) >= 11 is 0. The molecule has 0 unspecified atom stereocenters. The largest absolute Gasteiger partial charge is 0.368 e. The Balaban J connectivity index is 2.68. The first-order valence-corrected chi connectivity index (χ1v) is 7.96. The van der Waals surface area contributed by atoms with E-state index in [1.807, 2.05) is 45.0 Å². The molecule has 2 atom stereocenters. The average molecular weight is 318 g/mol. The molecule has 1 aromatic carbocycles. The van der Waals surface area contributed by atoms with E-state index in [1.54, 1.807) is 0 Å². The highest BCUT2D eigenvalue weighted by Gasteiger charge is 2.26. The van der Waals surface area contributed by atoms with Gasteiger partial charge in [-0.2, -0.15) is 0 Å². The first-order valence-electron chi connectivity index (χ1n) is 7.96. The van der Waals surface area contributed by atoms with E-state index in [4.69, 9.17) is 5.73 Å². The van der Waals surface area contributed by atoms with Crippen molar-refractivity contribution in [3.8, 4) is 0 Å². The Hall–Kier alpha value is -2.17. The number of nitrogens with one attached hydrogen (secondary N) is 1. The fourth-order valence-corrected chi connectivity index (χ4v) is 2.39. The fourth-order valence-electron chi connectivity index (χ4n) is 2.39. The Kier molecular flexibility index (Phi) is 7.45. The molecular weight excluding hydrogens is 292 g/mol. The lowest BCUT2D eigenvalue weighted by Gasteiger charge is -2.21. The summed E-state index contributed by atoms with van der Waals surface area (Å²) in [6, 6.07) is 7.79. The molecule has 5 heteroatoms. The third-order valence-corrected chi connectivity index (χ3v) is 4.07. The summed E-state index contributed by atoms with van der Waals surface area (Å²) in [5, 5.41) is 2.51. The zero-order chi connectivity index (χ0) is 17.4. The lowest BCUT2D eigenvalue weighted by atomic mass is 9.85. The number of amides is 2. The fraction of sp³-hybridized carbons (Fsp3) is 0.500. The normalized spacial score (nSPS) is 13.2. The standard InChI is InChI=1S/C18H26N2O3/c1-4-13(3)16(18(23)20-11-17(19)22)10-15(21)9-14-7-5-12(2)6-8-14/h5-8,13,16H,4,9-11H2,1-3H3,(H2,19,22)(H,20,23)/t13-,16-/m0/s1. The third kappa shape index (κ3) is 6.63. The van der Waals surface area contributed by atoms with Gasteiger partial charge in [0, 0.05) is 18.8 Å². The molecule has 0 radical (unpaired) electrons. The van der Waals surface area contributed by atoms with Gasteiger partial charge in [-0.15, -0.1) is 0 Å². The van der Waals surface area contributed by atoms with Crippen LogP contribution in [-0.2, 0) is 20.8 Å². The predicted molar refractivity (Wildman–Crippen MR) is 89.7 cm³/mol. The van der Waals surface area contributed by atoms with E-state index in [1.165, 1.54) is 0 Å². The van der Waals surface area contributed by atoms with Gasteiger partial charge >= 0.3 is 0 Å². The van der Waals surface area contributed by atoms with Crippen molar-refractivity contribution in [3.63, 3.8) is 0 Å². The second-order valence-corrected chi connectivity index (χ2v) is 6.08. The molecule has 0 fully saturated rings. The lowest BCUT2D eigenvalue weighted by Crippen LogP contribution is -2.40. The molecule has 1 rings (SSSR count). The van der Waals surface area contributed by atoms with Crippen molar-refractivity contribution in [1.82, 2.24) is 5.32 Å². The first-order chi connectivity index (χ1) is 10.8. The van der Waals surface area contributed by atoms with Crippen molar-refractivity contribution in [2.45, 2.75) is 40.0 Å². The minimum absolute atomic E-state index is 0.0216. The number of aryl methyl sites for hydroxylation is 1. The predicted octanol–water partition coefficient (Wildman–Crippen LogP) is 1.76. The lowest BCUT2D eigenvalue weighted by molar-refractivity contribution is -0.132. The summed E-state index contributed by atoms with van der Waals surface area (Å²) in [7, 11) is 0. The monoisotopic (exact) mass is 318 g/mol. The summed E-state index contributed by atoms with van der Waals surface area (Å²) in [6.07, 6.45) is 1.27. The Morgan fingerprint density at radius 3 is 2.30 bits per heavy atom. The van der Waals surface area contributed by atoms with Gasteiger partial charge in [-0.05, 0) is 18.4 Å². The van der Waals surface area contributed by atoms with Gasteiger partial charge in [0.1, 0.15) is 5.78 Å². The van der Waals surface area contributed by atoms with Crippen molar-refractivity contribution < 1.29 is 14.4 Å². The van der Waals surface area contributed by atoms with Crippen LogP contribution in [0.2, 0.25) is 0 Å². The molecular formula is C18H26N2O3. The highest BCUT2D eigenvalue weighted by atomic mass is 16.2. The van der Waals surface area contributed by atoms with Crippen molar-refractivity contribution in [1.29, 1.82) is 0 Å². The summed E-state index contributed by atoms with van der Waals surface area (Å²) in [4.78, 5) is 35.3. The van der Waals surface area contributed by atoms with E-state index < -0.39 is 11.8 Å². The second kappa shape index (κ2) is 9.08. The SMILES string of the molecule is CC[C@H](C)[C@H](CC(=O)Cc1ccc(C)cc1)C(=O)NCC(N)=O. The van der Waals surface area contributed by atoms with Crippen LogP contribution in [0.15, 0.2) is 24.3 Å². The van der Waals surface area contributed by atoms with E-state index in [2.05, 4.69) is 5.32 Å². The van der Waals surface area contributed by atoms with Gasteiger partial charge in [0.25, 0.3) is 0 Å².